The minimum absolute atomic E-state index is 0.0746. The maximum absolute atomic E-state index is 12.1. The molecule has 0 aliphatic heterocycles. The van der Waals surface area contributed by atoms with Crippen LogP contribution in [0.5, 0.6) is 0 Å². The fraction of sp³-hybridized carbons (Fsp3) is 0.417. The van der Waals surface area contributed by atoms with Gasteiger partial charge in [0.15, 0.2) is 9.84 Å². The van der Waals surface area contributed by atoms with E-state index in [1.54, 1.807) is 0 Å². The van der Waals surface area contributed by atoms with Crippen LogP contribution in [0.15, 0.2) is 23.1 Å². The predicted octanol–water partition coefficient (Wildman–Crippen LogP) is 1.61. The number of halogens is 2. The maximum atomic E-state index is 12.1. The van der Waals surface area contributed by atoms with E-state index in [2.05, 4.69) is 0 Å². The molecule has 8 heteroatoms. The number of benzene rings is 1. The summed E-state index contributed by atoms with van der Waals surface area (Å²) in [5.74, 6) is -0.720. The van der Waals surface area contributed by atoms with E-state index >= 15 is 0 Å². The second-order valence-corrected chi connectivity index (χ2v) is 7.10. The van der Waals surface area contributed by atoms with Gasteiger partial charge in [-0.05, 0) is 18.2 Å². The van der Waals surface area contributed by atoms with Crippen LogP contribution < -0.4 is 0 Å². The van der Waals surface area contributed by atoms with E-state index in [9.17, 15) is 13.2 Å². The molecule has 0 radical (unpaired) electrons. The predicted molar refractivity (Wildman–Crippen MR) is 77.9 cm³/mol. The number of sulfone groups is 1. The number of amides is 1. The van der Waals surface area contributed by atoms with Gasteiger partial charge >= 0.3 is 0 Å². The summed E-state index contributed by atoms with van der Waals surface area (Å²) in [6, 6.07) is 4.15. The van der Waals surface area contributed by atoms with Crippen molar-refractivity contribution in [3.63, 3.8) is 0 Å². The minimum atomic E-state index is -3.68. The van der Waals surface area contributed by atoms with Crippen LogP contribution in [-0.4, -0.2) is 50.3 Å². The Labute approximate surface area is 128 Å². The van der Waals surface area contributed by atoms with Crippen molar-refractivity contribution in [3.05, 3.63) is 28.2 Å². The number of carbonyl (C=O) groups is 1. The molecular weight excluding hydrogens is 325 g/mol. The van der Waals surface area contributed by atoms with Crippen molar-refractivity contribution in [1.82, 2.24) is 4.90 Å². The lowest BCUT2D eigenvalue weighted by atomic mass is 10.4. The molecule has 0 spiro atoms. The average Bonchev–Trinajstić information content (AvgIpc) is 2.39. The zero-order chi connectivity index (χ0) is 15.3. The molecule has 1 aromatic rings. The van der Waals surface area contributed by atoms with Crippen molar-refractivity contribution >= 4 is 38.9 Å². The smallest absolute Gasteiger partial charge is 0.223 e. The monoisotopic (exact) mass is 339 g/mol. The van der Waals surface area contributed by atoms with Crippen LogP contribution in [0.1, 0.15) is 6.42 Å². The van der Waals surface area contributed by atoms with Gasteiger partial charge in [-0.1, -0.05) is 23.2 Å². The fourth-order valence-electron chi connectivity index (χ4n) is 1.51. The lowest BCUT2D eigenvalue weighted by Gasteiger charge is -2.15. The summed E-state index contributed by atoms with van der Waals surface area (Å²) in [4.78, 5) is 12.8. The lowest BCUT2D eigenvalue weighted by molar-refractivity contribution is -0.129. The summed E-state index contributed by atoms with van der Waals surface area (Å²) in [5, 5.41) is 9.05. The molecule has 0 aliphatic carbocycles. The molecule has 20 heavy (non-hydrogen) atoms. The third-order valence-electron chi connectivity index (χ3n) is 2.67. The number of nitrogens with zero attached hydrogens (tertiary/aromatic N) is 1. The van der Waals surface area contributed by atoms with Gasteiger partial charge in [0.05, 0.1) is 22.3 Å². The third-order valence-corrected chi connectivity index (χ3v) is 5.10. The Balaban J connectivity index is 2.81. The highest BCUT2D eigenvalue weighted by atomic mass is 35.5. The van der Waals surface area contributed by atoms with Gasteiger partial charge in [-0.15, -0.1) is 0 Å². The fourth-order valence-corrected chi connectivity index (χ4v) is 3.55. The molecule has 1 aromatic carbocycles. The Morgan fingerprint density at radius 1 is 1.35 bits per heavy atom. The van der Waals surface area contributed by atoms with Crippen LogP contribution in [0.4, 0.5) is 0 Å². The van der Waals surface area contributed by atoms with Crippen LogP contribution in [0.2, 0.25) is 10.0 Å². The van der Waals surface area contributed by atoms with Crippen molar-refractivity contribution in [2.75, 3.05) is 26.0 Å². The van der Waals surface area contributed by atoms with Gasteiger partial charge in [0.1, 0.15) is 0 Å². The number of likely N-dealkylation sites (N-methyl/N-ethyl adjacent to an activating group) is 1. The van der Waals surface area contributed by atoms with Gasteiger partial charge < -0.3 is 10.0 Å². The Hall–Kier alpha value is -0.820. The highest BCUT2D eigenvalue weighted by Crippen LogP contribution is 2.26. The van der Waals surface area contributed by atoms with E-state index in [-0.39, 0.29) is 46.2 Å². The molecular formula is C12H15Cl2NO4S. The van der Waals surface area contributed by atoms with Crippen molar-refractivity contribution in [2.24, 2.45) is 0 Å². The van der Waals surface area contributed by atoms with E-state index in [1.165, 1.54) is 30.1 Å². The largest absolute Gasteiger partial charge is 0.395 e. The van der Waals surface area contributed by atoms with Crippen molar-refractivity contribution < 1.29 is 18.3 Å². The summed E-state index contributed by atoms with van der Waals surface area (Å²) in [6.45, 7) is -0.00802. The van der Waals surface area contributed by atoms with Gasteiger partial charge in [0, 0.05) is 25.0 Å². The summed E-state index contributed by atoms with van der Waals surface area (Å²) in [7, 11) is -2.19. The van der Waals surface area contributed by atoms with Crippen LogP contribution in [-0.2, 0) is 14.6 Å². The van der Waals surface area contributed by atoms with Crippen molar-refractivity contribution in [1.29, 1.82) is 0 Å². The van der Waals surface area contributed by atoms with E-state index < -0.39 is 9.84 Å². The molecule has 1 amide bonds. The highest BCUT2D eigenvalue weighted by molar-refractivity contribution is 7.91. The zero-order valence-corrected chi connectivity index (χ0v) is 13.2. The number of aliphatic hydroxyl groups is 1. The number of aliphatic hydroxyl groups excluding tert-OH is 1. The zero-order valence-electron chi connectivity index (χ0n) is 10.8. The first-order valence-corrected chi connectivity index (χ1v) is 8.21. The van der Waals surface area contributed by atoms with Gasteiger partial charge in [-0.2, -0.15) is 0 Å². The first-order chi connectivity index (χ1) is 9.27. The second-order valence-electron chi connectivity index (χ2n) is 4.18. The quantitative estimate of drug-likeness (QED) is 0.854. The normalized spacial score (nSPS) is 11.4. The van der Waals surface area contributed by atoms with Crippen LogP contribution in [0, 0.1) is 0 Å². The average molecular weight is 340 g/mol. The minimum Gasteiger partial charge on any atom is -0.395 e. The van der Waals surface area contributed by atoms with Gasteiger partial charge in [-0.3, -0.25) is 4.79 Å². The third kappa shape index (κ3) is 4.63. The molecule has 0 unspecified atom stereocenters. The molecule has 0 saturated heterocycles. The molecule has 0 fully saturated rings. The molecule has 0 atom stereocenters. The van der Waals surface area contributed by atoms with Crippen molar-refractivity contribution in [3.8, 4) is 0 Å². The van der Waals surface area contributed by atoms with Gasteiger partial charge in [0.25, 0.3) is 0 Å². The van der Waals surface area contributed by atoms with E-state index in [0.29, 0.717) is 0 Å². The SMILES string of the molecule is CN(CCO)C(=O)CCS(=O)(=O)c1cc(Cl)ccc1Cl. The molecule has 1 rings (SSSR count). The first kappa shape index (κ1) is 17.2. The Bertz CT molecular complexity index is 589. The van der Waals surface area contributed by atoms with E-state index in [0.717, 1.165) is 0 Å². The highest BCUT2D eigenvalue weighted by Gasteiger charge is 2.21. The lowest BCUT2D eigenvalue weighted by Crippen LogP contribution is -2.30. The number of rotatable bonds is 6. The van der Waals surface area contributed by atoms with Gasteiger partial charge in [-0.25, -0.2) is 8.42 Å². The first-order valence-electron chi connectivity index (χ1n) is 5.80. The number of carbonyl (C=O) groups excluding carboxylic acids is 1. The summed E-state index contributed by atoms with van der Waals surface area (Å²) < 4.78 is 24.3. The standard InChI is InChI=1S/C12H15Cl2NO4S/c1-15(5-6-16)12(17)4-7-20(18,19)11-8-9(13)2-3-10(11)14/h2-3,8,16H,4-7H2,1H3. The number of hydrogen-bond donors (Lipinski definition) is 1. The summed E-state index contributed by atoms with van der Waals surface area (Å²) >= 11 is 11.6. The molecule has 0 saturated carbocycles. The molecule has 1 N–H and O–H groups in total. The Morgan fingerprint density at radius 2 is 2.00 bits per heavy atom. The van der Waals surface area contributed by atoms with Crippen LogP contribution in [0.25, 0.3) is 0 Å². The van der Waals surface area contributed by atoms with Crippen molar-refractivity contribution in [2.45, 2.75) is 11.3 Å². The van der Waals surface area contributed by atoms with E-state index in [1.807, 2.05) is 0 Å². The molecule has 0 aromatic heterocycles. The maximum Gasteiger partial charge on any atom is 0.223 e. The summed E-state index contributed by atoms with van der Waals surface area (Å²) in [6.07, 6.45) is -0.179. The second kappa shape index (κ2) is 7.26. The van der Waals surface area contributed by atoms with Crippen LogP contribution in [0.3, 0.4) is 0 Å². The topological polar surface area (TPSA) is 74.7 Å². The van der Waals surface area contributed by atoms with Crippen LogP contribution >= 0.6 is 23.2 Å². The number of hydrogen-bond acceptors (Lipinski definition) is 4. The molecule has 112 valence electrons. The molecule has 0 heterocycles. The molecule has 0 bridgehead atoms. The summed E-state index contributed by atoms with van der Waals surface area (Å²) in [5.41, 5.74) is 0. The molecule has 5 nitrogen and oxygen atoms in total. The Kier molecular flexibility index (Phi) is 6.26. The van der Waals surface area contributed by atoms with E-state index in [4.69, 9.17) is 28.3 Å². The molecule has 0 aliphatic rings. The van der Waals surface area contributed by atoms with Gasteiger partial charge in [0.2, 0.25) is 5.91 Å². The Morgan fingerprint density at radius 3 is 2.60 bits per heavy atom.